The summed E-state index contributed by atoms with van der Waals surface area (Å²) in [7, 11) is 0. The van der Waals surface area contributed by atoms with Gasteiger partial charge in [0.05, 0.1) is 23.7 Å². The molecule has 2 N–H and O–H groups in total. The number of halogens is 1. The highest BCUT2D eigenvalue weighted by Gasteiger charge is 2.13. The Morgan fingerprint density at radius 1 is 1.04 bits per heavy atom. The summed E-state index contributed by atoms with van der Waals surface area (Å²) in [6.45, 7) is 3.77. The zero-order valence-corrected chi connectivity index (χ0v) is 17.2. The average Bonchev–Trinajstić information content (AvgIpc) is 3.11. The summed E-state index contributed by atoms with van der Waals surface area (Å²) in [5.41, 5.74) is 4.23. The van der Waals surface area contributed by atoms with Crippen molar-refractivity contribution < 1.29 is 9.59 Å². The Bertz CT molecular complexity index is 996. The number of nitrogens with zero attached hydrogens (tertiary/aromatic N) is 1. The van der Waals surface area contributed by atoms with Crippen LogP contribution >= 0.6 is 22.9 Å². The maximum atomic E-state index is 12.2. The minimum Gasteiger partial charge on any atom is -0.347 e. The summed E-state index contributed by atoms with van der Waals surface area (Å²) >= 11 is 7.62. The first-order chi connectivity index (χ1) is 13.4. The first kappa shape index (κ1) is 20.0. The third-order valence-electron chi connectivity index (χ3n) is 4.19. The van der Waals surface area contributed by atoms with E-state index >= 15 is 0 Å². The van der Waals surface area contributed by atoms with Gasteiger partial charge in [0.25, 0.3) is 0 Å². The number of hydrogen-bond acceptors (Lipinski definition) is 4. The number of aromatic nitrogens is 1. The Morgan fingerprint density at radius 3 is 2.46 bits per heavy atom. The van der Waals surface area contributed by atoms with Crippen LogP contribution in [-0.4, -0.2) is 23.3 Å². The van der Waals surface area contributed by atoms with Crippen molar-refractivity contribution in [1.82, 2.24) is 10.3 Å². The van der Waals surface area contributed by atoms with Gasteiger partial charge in [-0.05, 0) is 31.0 Å². The molecule has 0 radical (unpaired) electrons. The van der Waals surface area contributed by atoms with Crippen molar-refractivity contribution in [2.75, 3.05) is 11.9 Å². The van der Waals surface area contributed by atoms with E-state index in [9.17, 15) is 9.59 Å². The quantitative estimate of drug-likeness (QED) is 0.630. The fourth-order valence-electron chi connectivity index (χ4n) is 2.75. The van der Waals surface area contributed by atoms with Gasteiger partial charge in [0.15, 0.2) is 0 Å². The molecule has 0 aliphatic rings. The van der Waals surface area contributed by atoms with Crippen molar-refractivity contribution in [1.29, 1.82) is 0 Å². The fourth-order valence-corrected chi connectivity index (χ4v) is 3.89. The molecule has 5 nitrogen and oxygen atoms in total. The fraction of sp³-hybridized carbons (Fsp3) is 0.190. The molecule has 0 aliphatic heterocycles. The van der Waals surface area contributed by atoms with Gasteiger partial charge in [-0.15, -0.1) is 11.3 Å². The summed E-state index contributed by atoms with van der Waals surface area (Å²) in [5.74, 6) is -0.520. The molecule has 0 spiro atoms. The Kier molecular flexibility index (Phi) is 6.44. The lowest BCUT2D eigenvalue weighted by atomic mass is 10.1. The number of nitrogens with one attached hydrogen (secondary N) is 2. The zero-order valence-electron chi connectivity index (χ0n) is 15.6. The van der Waals surface area contributed by atoms with Crippen molar-refractivity contribution in [3.05, 3.63) is 69.7 Å². The molecule has 3 aromatic rings. The van der Waals surface area contributed by atoms with Crippen LogP contribution in [0.5, 0.6) is 0 Å². The number of amides is 2. The Morgan fingerprint density at radius 2 is 1.75 bits per heavy atom. The highest BCUT2D eigenvalue weighted by molar-refractivity contribution is 7.13. The number of carbonyl (C=O) groups excluding carboxylic acids is 2. The number of rotatable bonds is 6. The second kappa shape index (κ2) is 8.99. The molecule has 2 aromatic carbocycles. The topological polar surface area (TPSA) is 71.1 Å². The Hall–Kier alpha value is -2.70. The Labute approximate surface area is 172 Å². The van der Waals surface area contributed by atoms with Crippen molar-refractivity contribution in [3.63, 3.8) is 0 Å². The predicted octanol–water partition coefficient (Wildman–Crippen LogP) is 4.38. The van der Waals surface area contributed by atoms with E-state index in [0.717, 1.165) is 27.4 Å². The normalized spacial score (nSPS) is 10.5. The molecular formula is C21H20ClN3O2S. The van der Waals surface area contributed by atoms with Gasteiger partial charge in [-0.1, -0.05) is 48.0 Å². The maximum absolute atomic E-state index is 12.2. The standard InChI is InChI=1S/C21H20ClN3O2S/c1-13-6-5-7-14(2)20(13)25-19(27)11-23-18(26)10-15-12-28-21(24-15)16-8-3-4-9-17(16)22/h3-9,12H,10-11H2,1-2H3,(H,23,26)(H,25,27). The SMILES string of the molecule is Cc1cccc(C)c1NC(=O)CNC(=O)Cc1csc(-c2ccccc2Cl)n1. The first-order valence-electron chi connectivity index (χ1n) is 8.76. The van der Waals surface area contributed by atoms with Gasteiger partial charge in [0, 0.05) is 16.6 Å². The number of para-hydroxylation sites is 1. The van der Waals surface area contributed by atoms with Gasteiger partial charge in [0.2, 0.25) is 11.8 Å². The van der Waals surface area contributed by atoms with Crippen LogP contribution in [0.2, 0.25) is 5.02 Å². The summed E-state index contributed by atoms with van der Waals surface area (Å²) in [4.78, 5) is 28.8. The molecule has 0 unspecified atom stereocenters. The molecule has 1 heterocycles. The molecule has 0 bridgehead atoms. The van der Waals surface area contributed by atoms with Crippen LogP contribution < -0.4 is 10.6 Å². The van der Waals surface area contributed by atoms with Crippen molar-refractivity contribution in [3.8, 4) is 10.6 Å². The van der Waals surface area contributed by atoms with E-state index < -0.39 is 0 Å². The van der Waals surface area contributed by atoms with Crippen LogP contribution in [0.4, 0.5) is 5.69 Å². The molecule has 0 atom stereocenters. The number of benzene rings is 2. The van der Waals surface area contributed by atoms with E-state index in [-0.39, 0.29) is 24.8 Å². The molecule has 0 saturated heterocycles. The van der Waals surface area contributed by atoms with Crippen LogP contribution in [0.25, 0.3) is 10.6 Å². The molecule has 7 heteroatoms. The van der Waals surface area contributed by atoms with Crippen LogP contribution in [0.3, 0.4) is 0 Å². The number of hydrogen-bond donors (Lipinski definition) is 2. The summed E-state index contributed by atoms with van der Waals surface area (Å²) < 4.78 is 0. The monoisotopic (exact) mass is 413 g/mol. The highest BCUT2D eigenvalue weighted by atomic mass is 35.5. The van der Waals surface area contributed by atoms with Crippen LogP contribution in [0, 0.1) is 13.8 Å². The molecule has 2 amide bonds. The molecule has 0 saturated carbocycles. The van der Waals surface area contributed by atoms with E-state index in [1.807, 2.05) is 55.6 Å². The van der Waals surface area contributed by atoms with Crippen molar-refractivity contribution in [2.45, 2.75) is 20.3 Å². The van der Waals surface area contributed by atoms with Gasteiger partial charge in [-0.25, -0.2) is 4.98 Å². The van der Waals surface area contributed by atoms with Crippen molar-refractivity contribution in [2.24, 2.45) is 0 Å². The largest absolute Gasteiger partial charge is 0.347 e. The Balaban J connectivity index is 1.54. The smallest absolute Gasteiger partial charge is 0.243 e. The minimum atomic E-state index is -0.263. The number of anilines is 1. The first-order valence-corrected chi connectivity index (χ1v) is 10.0. The molecule has 0 fully saturated rings. The molecule has 0 aliphatic carbocycles. The number of thiazole rings is 1. The van der Waals surface area contributed by atoms with Gasteiger partial charge in [-0.3, -0.25) is 9.59 Å². The molecule has 1 aromatic heterocycles. The van der Waals surface area contributed by atoms with E-state index in [1.54, 1.807) is 6.07 Å². The molecule has 28 heavy (non-hydrogen) atoms. The van der Waals surface area contributed by atoms with E-state index in [4.69, 9.17) is 11.6 Å². The average molecular weight is 414 g/mol. The lowest BCUT2D eigenvalue weighted by Crippen LogP contribution is -2.34. The van der Waals surface area contributed by atoms with Crippen LogP contribution in [0.15, 0.2) is 47.8 Å². The van der Waals surface area contributed by atoms with E-state index in [0.29, 0.717) is 10.7 Å². The number of aryl methyl sites for hydroxylation is 2. The third kappa shape index (κ3) is 4.97. The lowest BCUT2D eigenvalue weighted by Gasteiger charge is -2.11. The van der Waals surface area contributed by atoms with Crippen LogP contribution in [-0.2, 0) is 16.0 Å². The summed E-state index contributed by atoms with van der Waals surface area (Å²) in [5, 5.41) is 8.70. The highest BCUT2D eigenvalue weighted by Crippen LogP contribution is 2.30. The predicted molar refractivity (Wildman–Crippen MR) is 114 cm³/mol. The molecule has 144 valence electrons. The molecule has 3 rings (SSSR count). The van der Waals surface area contributed by atoms with Gasteiger partial charge >= 0.3 is 0 Å². The third-order valence-corrected chi connectivity index (χ3v) is 5.44. The second-order valence-corrected chi connectivity index (χ2v) is 7.66. The summed E-state index contributed by atoms with van der Waals surface area (Å²) in [6, 6.07) is 13.2. The van der Waals surface area contributed by atoms with Gasteiger partial charge in [-0.2, -0.15) is 0 Å². The van der Waals surface area contributed by atoms with Gasteiger partial charge in [0.1, 0.15) is 5.01 Å². The number of carbonyl (C=O) groups is 2. The zero-order chi connectivity index (χ0) is 20.1. The van der Waals surface area contributed by atoms with E-state index in [1.165, 1.54) is 11.3 Å². The second-order valence-electron chi connectivity index (χ2n) is 6.39. The maximum Gasteiger partial charge on any atom is 0.243 e. The minimum absolute atomic E-state index is 0.0892. The van der Waals surface area contributed by atoms with Gasteiger partial charge < -0.3 is 10.6 Å². The van der Waals surface area contributed by atoms with Crippen LogP contribution in [0.1, 0.15) is 16.8 Å². The van der Waals surface area contributed by atoms with E-state index in [2.05, 4.69) is 15.6 Å². The lowest BCUT2D eigenvalue weighted by molar-refractivity contribution is -0.123. The molecular weight excluding hydrogens is 394 g/mol. The van der Waals surface area contributed by atoms with Crippen molar-refractivity contribution >= 4 is 40.4 Å². The summed E-state index contributed by atoms with van der Waals surface area (Å²) in [6.07, 6.45) is 0.109.